The van der Waals surface area contributed by atoms with Crippen molar-refractivity contribution in [2.24, 2.45) is 5.92 Å². The quantitative estimate of drug-likeness (QED) is 0.229. The van der Waals surface area contributed by atoms with E-state index in [1.54, 1.807) is 62.3 Å². The number of carboxylic acid groups (broad SMARTS) is 1. The predicted octanol–water partition coefficient (Wildman–Crippen LogP) is 4.58. The van der Waals surface area contributed by atoms with Crippen molar-refractivity contribution in [3.05, 3.63) is 0 Å². The van der Waals surface area contributed by atoms with Crippen molar-refractivity contribution in [1.82, 2.24) is 16.0 Å². The maximum atomic E-state index is 12.7. The summed E-state index contributed by atoms with van der Waals surface area (Å²) in [5, 5.41) is 17.9. The van der Waals surface area contributed by atoms with Crippen LogP contribution in [-0.4, -0.2) is 64.8 Å². The summed E-state index contributed by atoms with van der Waals surface area (Å²) >= 11 is 0. The molecule has 36 heavy (non-hydrogen) atoms. The van der Waals surface area contributed by atoms with Crippen molar-refractivity contribution >= 4 is 24.2 Å². The van der Waals surface area contributed by atoms with Gasteiger partial charge in [-0.3, -0.25) is 4.79 Å². The van der Waals surface area contributed by atoms with Gasteiger partial charge >= 0.3 is 24.2 Å². The van der Waals surface area contributed by atoms with Gasteiger partial charge in [-0.15, -0.1) is 0 Å². The molecule has 0 saturated carbocycles. The van der Waals surface area contributed by atoms with Crippen LogP contribution in [-0.2, 0) is 19.0 Å². The fourth-order valence-electron chi connectivity index (χ4n) is 3.35. The van der Waals surface area contributed by atoms with E-state index in [9.17, 15) is 24.3 Å². The minimum absolute atomic E-state index is 0.217. The SMILES string of the molecule is CC(C(=O)O)C(CCCNC(=O)OC(C)(C)C)(CCCNC(=O)OC(C)(C)C)NC(=O)OC(C)(C)C. The fourth-order valence-corrected chi connectivity index (χ4v) is 3.35. The van der Waals surface area contributed by atoms with E-state index in [1.807, 2.05) is 0 Å². The van der Waals surface area contributed by atoms with Gasteiger partial charge in [0.2, 0.25) is 0 Å². The first-order valence-electron chi connectivity index (χ1n) is 12.3. The van der Waals surface area contributed by atoms with Crippen molar-refractivity contribution in [2.75, 3.05) is 13.1 Å². The lowest BCUT2D eigenvalue weighted by Crippen LogP contribution is -2.56. The number of rotatable bonds is 11. The van der Waals surface area contributed by atoms with E-state index in [2.05, 4.69) is 16.0 Å². The van der Waals surface area contributed by atoms with Gasteiger partial charge in [0.15, 0.2) is 0 Å². The Hall–Kier alpha value is -2.72. The number of ether oxygens (including phenoxy) is 3. The Bertz CT molecular complexity index is 712. The van der Waals surface area contributed by atoms with Crippen LogP contribution in [0.2, 0.25) is 0 Å². The normalized spacial score (nSPS) is 13.3. The van der Waals surface area contributed by atoms with Crippen LogP contribution in [0.15, 0.2) is 0 Å². The predicted molar refractivity (Wildman–Crippen MR) is 136 cm³/mol. The standard InChI is InChI=1S/C25H47N3O8/c1-17(18(29)30)25(28-21(33)36-24(8,9)10,13-11-15-26-19(31)34-22(2,3)4)14-12-16-27-20(32)35-23(5,6)7/h17H,11-16H2,1-10H3,(H,26,31)(H,27,32)(H,28,33)(H,29,30). The van der Waals surface area contributed by atoms with Crippen molar-refractivity contribution in [2.45, 2.75) is 117 Å². The molecule has 0 aromatic carbocycles. The summed E-state index contributed by atoms with van der Waals surface area (Å²) in [6, 6.07) is 0. The number of hydrogen-bond donors (Lipinski definition) is 4. The van der Waals surface area contributed by atoms with Gasteiger partial charge in [0, 0.05) is 13.1 Å². The van der Waals surface area contributed by atoms with E-state index in [0.717, 1.165) is 0 Å². The van der Waals surface area contributed by atoms with E-state index >= 15 is 0 Å². The third-order valence-corrected chi connectivity index (χ3v) is 4.88. The summed E-state index contributed by atoms with van der Waals surface area (Å²) in [6.07, 6.45) is -0.694. The molecule has 210 valence electrons. The topological polar surface area (TPSA) is 152 Å². The van der Waals surface area contributed by atoms with E-state index < -0.39 is 52.5 Å². The third-order valence-electron chi connectivity index (χ3n) is 4.88. The number of carbonyl (C=O) groups excluding carboxylic acids is 3. The third kappa shape index (κ3) is 15.3. The highest BCUT2D eigenvalue weighted by atomic mass is 16.6. The van der Waals surface area contributed by atoms with Gasteiger partial charge in [-0.1, -0.05) is 0 Å². The molecule has 11 nitrogen and oxygen atoms in total. The molecule has 4 N–H and O–H groups in total. The molecule has 0 heterocycles. The summed E-state index contributed by atoms with van der Waals surface area (Å²) in [6.45, 7) is 17.6. The Kier molecular flexibility index (Phi) is 12.5. The number of carbonyl (C=O) groups is 4. The molecular formula is C25H47N3O8. The van der Waals surface area contributed by atoms with E-state index in [1.165, 1.54) is 6.92 Å². The average Bonchev–Trinajstić information content (AvgIpc) is 2.63. The van der Waals surface area contributed by atoms with E-state index in [4.69, 9.17) is 14.2 Å². The lowest BCUT2D eigenvalue weighted by atomic mass is 9.77. The van der Waals surface area contributed by atoms with Crippen LogP contribution in [0.3, 0.4) is 0 Å². The van der Waals surface area contributed by atoms with Gasteiger partial charge in [-0.05, 0) is 94.9 Å². The summed E-state index contributed by atoms with van der Waals surface area (Å²) in [7, 11) is 0. The lowest BCUT2D eigenvalue weighted by Gasteiger charge is -2.39. The first-order valence-corrected chi connectivity index (χ1v) is 12.3. The van der Waals surface area contributed by atoms with Crippen molar-refractivity contribution in [3.63, 3.8) is 0 Å². The zero-order valence-electron chi connectivity index (χ0n) is 23.6. The maximum Gasteiger partial charge on any atom is 0.408 e. The summed E-state index contributed by atoms with van der Waals surface area (Å²) in [4.78, 5) is 48.7. The van der Waals surface area contributed by atoms with Gasteiger partial charge in [-0.25, -0.2) is 14.4 Å². The molecule has 0 radical (unpaired) electrons. The molecule has 0 aliphatic rings. The van der Waals surface area contributed by atoms with Crippen LogP contribution in [0.25, 0.3) is 0 Å². The van der Waals surface area contributed by atoms with Crippen molar-refractivity contribution < 1.29 is 38.5 Å². The summed E-state index contributed by atoms with van der Waals surface area (Å²) in [5.41, 5.74) is -3.27. The molecule has 1 unspecified atom stereocenters. The first-order chi connectivity index (χ1) is 16.2. The van der Waals surface area contributed by atoms with E-state index in [-0.39, 0.29) is 25.9 Å². The summed E-state index contributed by atoms with van der Waals surface area (Å²) < 4.78 is 15.9. The van der Waals surface area contributed by atoms with Crippen LogP contribution in [0.4, 0.5) is 14.4 Å². The molecule has 0 bridgehead atoms. The first kappa shape index (κ1) is 33.3. The number of hydrogen-bond acceptors (Lipinski definition) is 7. The number of aliphatic carboxylic acids is 1. The lowest BCUT2D eigenvalue weighted by molar-refractivity contribution is -0.144. The molecule has 0 saturated heterocycles. The number of alkyl carbamates (subject to hydrolysis) is 3. The second-order valence-electron chi connectivity index (χ2n) is 11.9. The number of amides is 3. The number of carboxylic acids is 1. The Labute approximate surface area is 215 Å². The molecule has 0 aliphatic carbocycles. The van der Waals surface area contributed by atoms with Gasteiger partial charge in [0.05, 0.1) is 11.5 Å². The van der Waals surface area contributed by atoms with Crippen LogP contribution in [0.1, 0.15) is 94.9 Å². The molecule has 0 fully saturated rings. The minimum atomic E-state index is -1.20. The summed E-state index contributed by atoms with van der Waals surface area (Å²) in [5.74, 6) is -2.07. The highest BCUT2D eigenvalue weighted by Gasteiger charge is 2.42. The van der Waals surface area contributed by atoms with Crippen LogP contribution in [0.5, 0.6) is 0 Å². The largest absolute Gasteiger partial charge is 0.481 e. The molecule has 3 amide bonds. The highest BCUT2D eigenvalue weighted by molar-refractivity contribution is 5.75. The molecule has 11 heteroatoms. The van der Waals surface area contributed by atoms with Crippen molar-refractivity contribution in [1.29, 1.82) is 0 Å². The number of nitrogens with one attached hydrogen (secondary N) is 3. The fraction of sp³-hybridized carbons (Fsp3) is 0.840. The molecular weight excluding hydrogens is 470 g/mol. The molecule has 0 aromatic rings. The molecule has 0 rings (SSSR count). The zero-order valence-corrected chi connectivity index (χ0v) is 23.6. The molecule has 0 aromatic heterocycles. The maximum absolute atomic E-state index is 12.7. The van der Waals surface area contributed by atoms with Gasteiger partial charge in [0.1, 0.15) is 16.8 Å². The molecule has 1 atom stereocenters. The van der Waals surface area contributed by atoms with Gasteiger partial charge in [-0.2, -0.15) is 0 Å². The molecule has 0 aliphatic heterocycles. The smallest absolute Gasteiger partial charge is 0.408 e. The Balaban J connectivity index is 5.49. The van der Waals surface area contributed by atoms with Crippen LogP contribution < -0.4 is 16.0 Å². The van der Waals surface area contributed by atoms with Crippen LogP contribution in [0, 0.1) is 5.92 Å². The van der Waals surface area contributed by atoms with Crippen LogP contribution >= 0.6 is 0 Å². The second-order valence-corrected chi connectivity index (χ2v) is 11.9. The average molecular weight is 518 g/mol. The monoisotopic (exact) mass is 517 g/mol. The Morgan fingerprint density at radius 1 is 0.667 bits per heavy atom. The van der Waals surface area contributed by atoms with E-state index in [0.29, 0.717) is 12.8 Å². The highest BCUT2D eigenvalue weighted by Crippen LogP contribution is 2.30. The van der Waals surface area contributed by atoms with Gasteiger partial charge in [0.25, 0.3) is 0 Å². The van der Waals surface area contributed by atoms with Gasteiger partial charge < -0.3 is 35.3 Å². The second kappa shape index (κ2) is 13.5. The Morgan fingerprint density at radius 2 is 1.00 bits per heavy atom. The molecule has 0 spiro atoms. The Morgan fingerprint density at radius 3 is 1.31 bits per heavy atom. The minimum Gasteiger partial charge on any atom is -0.481 e. The zero-order chi connectivity index (χ0) is 28.4. The van der Waals surface area contributed by atoms with Crippen molar-refractivity contribution in [3.8, 4) is 0 Å².